The maximum absolute atomic E-state index is 5.86. The zero-order valence-corrected chi connectivity index (χ0v) is 11.6. The third-order valence-electron chi connectivity index (χ3n) is 3.66. The molecule has 15 heavy (non-hydrogen) atoms. The minimum absolute atomic E-state index is 0.660. The molecule has 0 aliphatic heterocycles. The fourth-order valence-corrected chi connectivity index (χ4v) is 6.77. The van der Waals surface area contributed by atoms with E-state index in [9.17, 15) is 0 Å². The van der Waals surface area contributed by atoms with Crippen molar-refractivity contribution in [2.75, 3.05) is 27.3 Å². The number of rotatable bonds is 6. The highest BCUT2D eigenvalue weighted by atomic mass is 28.4. The molecule has 1 aliphatic carbocycles. The lowest BCUT2D eigenvalue weighted by Gasteiger charge is -2.40. The smallest absolute Gasteiger partial charge is 0.386 e. The van der Waals surface area contributed by atoms with E-state index in [1.807, 2.05) is 14.2 Å². The normalized spacial score (nSPS) is 19.0. The Kier molecular flexibility index (Phi) is 5.25. The highest BCUT2D eigenvalue weighted by molar-refractivity contribution is 6.66. The van der Waals surface area contributed by atoms with Gasteiger partial charge in [-0.1, -0.05) is 26.7 Å². The van der Waals surface area contributed by atoms with Gasteiger partial charge in [0.2, 0.25) is 0 Å². The van der Waals surface area contributed by atoms with Gasteiger partial charge in [0.1, 0.15) is 0 Å². The molecule has 0 atom stereocenters. The fraction of sp³-hybridized carbons (Fsp3) is 1.00. The van der Waals surface area contributed by atoms with Crippen molar-refractivity contribution in [2.45, 2.75) is 45.1 Å². The van der Waals surface area contributed by atoms with Gasteiger partial charge in [0.25, 0.3) is 0 Å². The first-order valence-corrected chi connectivity index (χ1v) is 7.94. The Balaban J connectivity index is 2.83. The Bertz CT molecular complexity index is 171. The Hall–Kier alpha value is 0.0969. The molecule has 0 spiro atoms. The molecule has 1 aliphatic rings. The largest absolute Gasteiger partial charge is 0.430 e. The molecule has 0 aromatic heterocycles. The molecule has 3 nitrogen and oxygen atoms in total. The molecule has 0 N–H and O–H groups in total. The second-order valence-electron chi connectivity index (χ2n) is 4.19. The minimum atomic E-state index is -2.11. The number of hydrogen-bond acceptors (Lipinski definition) is 3. The first-order valence-electron chi connectivity index (χ1n) is 6.10. The number of hydrogen-bond donors (Lipinski definition) is 0. The molecule has 90 valence electrons. The van der Waals surface area contributed by atoms with Crippen molar-refractivity contribution >= 4 is 8.72 Å². The third-order valence-corrected chi connectivity index (χ3v) is 7.95. The summed E-state index contributed by atoms with van der Waals surface area (Å²) >= 11 is 0. The molecule has 0 saturated heterocycles. The van der Waals surface area contributed by atoms with Crippen molar-refractivity contribution in [3.05, 3.63) is 0 Å². The molecular weight excluding hydrogens is 206 g/mol. The van der Waals surface area contributed by atoms with Crippen LogP contribution in [0.25, 0.3) is 0 Å². The van der Waals surface area contributed by atoms with Crippen LogP contribution in [0.3, 0.4) is 0 Å². The average Bonchev–Trinajstić information content (AvgIpc) is 2.80. The van der Waals surface area contributed by atoms with Crippen molar-refractivity contribution in [3.8, 4) is 0 Å². The lowest BCUT2D eigenvalue weighted by Crippen LogP contribution is -2.60. The first-order chi connectivity index (χ1) is 7.25. The summed E-state index contributed by atoms with van der Waals surface area (Å²) in [4.78, 5) is 0. The second-order valence-corrected chi connectivity index (χ2v) is 7.72. The summed E-state index contributed by atoms with van der Waals surface area (Å²) in [5.74, 6) is 0. The van der Waals surface area contributed by atoms with Gasteiger partial charge in [-0.25, -0.2) is 0 Å². The lowest BCUT2D eigenvalue weighted by atomic mass is 10.4. The predicted molar refractivity (Wildman–Crippen MR) is 64.9 cm³/mol. The quantitative estimate of drug-likeness (QED) is 0.656. The summed E-state index contributed by atoms with van der Waals surface area (Å²) in [6, 6.07) is 0. The van der Waals surface area contributed by atoms with Gasteiger partial charge in [0, 0.05) is 19.8 Å². The molecule has 4 heteroatoms. The molecule has 1 saturated carbocycles. The van der Waals surface area contributed by atoms with Crippen molar-refractivity contribution in [1.29, 1.82) is 0 Å². The van der Waals surface area contributed by atoms with E-state index in [0.29, 0.717) is 5.54 Å². The molecule has 0 aromatic carbocycles. The highest BCUT2D eigenvalue weighted by Gasteiger charge is 2.50. The van der Waals surface area contributed by atoms with Crippen LogP contribution in [-0.2, 0) is 8.85 Å². The minimum Gasteiger partial charge on any atom is -0.386 e. The van der Waals surface area contributed by atoms with Gasteiger partial charge in [-0.3, -0.25) is 4.57 Å². The summed E-state index contributed by atoms with van der Waals surface area (Å²) in [6.45, 7) is 6.44. The summed E-state index contributed by atoms with van der Waals surface area (Å²) in [7, 11) is 1.55. The van der Waals surface area contributed by atoms with Crippen LogP contribution in [0.15, 0.2) is 0 Å². The SMILES string of the molecule is CCN(CC)[Si](OC)(OC)C1CCCC1. The molecule has 0 heterocycles. The van der Waals surface area contributed by atoms with E-state index < -0.39 is 8.72 Å². The standard InChI is InChI=1S/C11H25NO2Si/c1-5-12(6-2)15(13-3,14-4)11-9-7-8-10-11/h11H,5-10H2,1-4H3. The van der Waals surface area contributed by atoms with E-state index in [4.69, 9.17) is 8.85 Å². The van der Waals surface area contributed by atoms with Gasteiger partial charge in [-0.05, 0) is 25.9 Å². The molecule has 0 aromatic rings. The zero-order valence-electron chi connectivity index (χ0n) is 10.6. The van der Waals surface area contributed by atoms with Crippen molar-refractivity contribution < 1.29 is 8.85 Å². The molecular formula is C11H25NO2Si. The van der Waals surface area contributed by atoms with Gasteiger partial charge < -0.3 is 8.85 Å². The molecule has 1 rings (SSSR count). The Labute approximate surface area is 95.1 Å². The molecule has 0 radical (unpaired) electrons. The van der Waals surface area contributed by atoms with Crippen LogP contribution in [0.1, 0.15) is 39.5 Å². The van der Waals surface area contributed by atoms with Crippen molar-refractivity contribution in [2.24, 2.45) is 0 Å². The Morgan fingerprint density at radius 1 is 1.07 bits per heavy atom. The summed E-state index contributed by atoms with van der Waals surface area (Å²) in [6.07, 6.45) is 5.25. The van der Waals surface area contributed by atoms with Crippen LogP contribution in [-0.4, -0.2) is 40.6 Å². The van der Waals surface area contributed by atoms with Gasteiger partial charge in [-0.15, -0.1) is 0 Å². The van der Waals surface area contributed by atoms with Crippen molar-refractivity contribution in [1.82, 2.24) is 4.57 Å². The summed E-state index contributed by atoms with van der Waals surface area (Å²) < 4.78 is 14.1. The Morgan fingerprint density at radius 2 is 1.53 bits per heavy atom. The van der Waals surface area contributed by atoms with E-state index in [1.54, 1.807) is 0 Å². The van der Waals surface area contributed by atoms with Crippen LogP contribution in [0.4, 0.5) is 0 Å². The van der Waals surface area contributed by atoms with E-state index >= 15 is 0 Å². The van der Waals surface area contributed by atoms with Gasteiger partial charge in [0.15, 0.2) is 0 Å². The monoisotopic (exact) mass is 231 g/mol. The van der Waals surface area contributed by atoms with Gasteiger partial charge >= 0.3 is 8.72 Å². The summed E-state index contributed by atoms with van der Waals surface area (Å²) in [5, 5.41) is 0. The van der Waals surface area contributed by atoms with E-state index in [-0.39, 0.29) is 0 Å². The Morgan fingerprint density at radius 3 is 1.87 bits per heavy atom. The average molecular weight is 231 g/mol. The maximum atomic E-state index is 5.86. The van der Waals surface area contributed by atoms with Crippen LogP contribution in [0.5, 0.6) is 0 Å². The van der Waals surface area contributed by atoms with Gasteiger partial charge in [0.05, 0.1) is 0 Å². The highest BCUT2D eigenvalue weighted by Crippen LogP contribution is 2.40. The van der Waals surface area contributed by atoms with Crippen LogP contribution >= 0.6 is 0 Å². The summed E-state index contributed by atoms with van der Waals surface area (Å²) in [5.41, 5.74) is 0.660. The maximum Gasteiger partial charge on any atom is 0.430 e. The zero-order chi connectivity index (χ0) is 11.3. The van der Waals surface area contributed by atoms with Gasteiger partial charge in [-0.2, -0.15) is 0 Å². The van der Waals surface area contributed by atoms with E-state index in [0.717, 1.165) is 13.1 Å². The van der Waals surface area contributed by atoms with Crippen molar-refractivity contribution in [3.63, 3.8) is 0 Å². The second kappa shape index (κ2) is 5.99. The number of nitrogens with zero attached hydrogens (tertiary/aromatic N) is 1. The van der Waals surface area contributed by atoms with Crippen LogP contribution in [0.2, 0.25) is 5.54 Å². The predicted octanol–water partition coefficient (Wildman–Crippen LogP) is 2.50. The third kappa shape index (κ3) is 2.44. The fourth-order valence-electron chi connectivity index (χ4n) is 2.89. The molecule has 1 fully saturated rings. The topological polar surface area (TPSA) is 21.7 Å². The van der Waals surface area contributed by atoms with Crippen LogP contribution in [0, 0.1) is 0 Å². The first kappa shape index (κ1) is 13.2. The molecule has 0 bridgehead atoms. The lowest BCUT2D eigenvalue weighted by molar-refractivity contribution is 0.154. The molecule has 0 amide bonds. The molecule has 0 unspecified atom stereocenters. The van der Waals surface area contributed by atoms with Crippen LogP contribution < -0.4 is 0 Å². The van der Waals surface area contributed by atoms with E-state index in [1.165, 1.54) is 25.7 Å². The van der Waals surface area contributed by atoms with E-state index in [2.05, 4.69) is 18.4 Å².